The minimum atomic E-state index is -0.470. The molecule has 1 aromatic heterocycles. The smallest absolute Gasteiger partial charge is 0.369 e. The molecule has 6 nitrogen and oxygen atoms in total. The summed E-state index contributed by atoms with van der Waals surface area (Å²) in [6, 6.07) is 7.91. The monoisotopic (exact) mass is 375 g/mol. The van der Waals surface area contributed by atoms with Crippen LogP contribution in [0.2, 0.25) is 0 Å². The molecule has 2 aromatic rings. The van der Waals surface area contributed by atoms with E-state index in [2.05, 4.69) is 30.9 Å². The van der Waals surface area contributed by atoms with Gasteiger partial charge >= 0.3 is 11.6 Å². The van der Waals surface area contributed by atoms with Crippen molar-refractivity contribution >= 4 is 27.7 Å². The normalized spacial score (nSPS) is 16.7. The Labute approximate surface area is 141 Å². The van der Waals surface area contributed by atoms with Crippen LogP contribution in [0.5, 0.6) is 0 Å². The van der Waals surface area contributed by atoms with Crippen LogP contribution in [0.4, 0.5) is 0 Å². The molecule has 1 heterocycles. The summed E-state index contributed by atoms with van der Waals surface area (Å²) in [7, 11) is 0. The summed E-state index contributed by atoms with van der Waals surface area (Å²) in [4.78, 5) is 21.1. The molecule has 7 heteroatoms. The Hall–Kier alpha value is -2.28. The van der Waals surface area contributed by atoms with Crippen molar-refractivity contribution in [2.24, 2.45) is 4.99 Å². The molecule has 1 aliphatic carbocycles. The lowest BCUT2D eigenvalue weighted by atomic mass is 9.63. The van der Waals surface area contributed by atoms with Gasteiger partial charge in [0, 0.05) is 10.7 Å². The molecule has 0 radical (unpaired) electrons. The maximum absolute atomic E-state index is 11.0. The minimum absolute atomic E-state index is 0.0675. The Balaban J connectivity index is 1.91. The number of nitrogens with zero attached hydrogens (tertiary/aromatic N) is 2. The molecular formula is C16H16BrN4O2+. The number of hydrogen-bond donors (Lipinski definition) is 2. The summed E-state index contributed by atoms with van der Waals surface area (Å²) in [5.74, 6) is 0.115. The van der Waals surface area contributed by atoms with Gasteiger partial charge in [0.25, 0.3) is 0 Å². The average molecular weight is 376 g/mol. The quantitative estimate of drug-likeness (QED) is 0.487. The predicted molar refractivity (Wildman–Crippen MR) is 92.4 cm³/mol. The second-order valence-corrected chi connectivity index (χ2v) is 6.47. The van der Waals surface area contributed by atoms with Gasteiger partial charge in [-0.3, -0.25) is 5.41 Å². The highest BCUT2D eigenvalue weighted by atomic mass is 79.9. The van der Waals surface area contributed by atoms with Gasteiger partial charge in [0.05, 0.1) is 11.6 Å². The van der Waals surface area contributed by atoms with Gasteiger partial charge in [-0.05, 0) is 30.5 Å². The van der Waals surface area contributed by atoms with Crippen LogP contribution in [-0.4, -0.2) is 26.8 Å². The van der Waals surface area contributed by atoms with E-state index in [9.17, 15) is 4.79 Å². The fraction of sp³-hybridized carbons (Fsp3) is 0.250. The van der Waals surface area contributed by atoms with Gasteiger partial charge in [-0.2, -0.15) is 0 Å². The van der Waals surface area contributed by atoms with E-state index in [1.807, 2.05) is 24.3 Å². The zero-order valence-corrected chi connectivity index (χ0v) is 13.9. The van der Waals surface area contributed by atoms with Crippen LogP contribution in [-0.2, 0) is 5.41 Å². The molecule has 3 rings (SSSR count). The summed E-state index contributed by atoms with van der Waals surface area (Å²) in [5, 5.41) is 16.4. The number of amidine groups is 1. The second kappa shape index (κ2) is 6.08. The standard InChI is InChI=1S/C16H15BrN4O2/c17-12-4-2-11(3-5-12)16(6-1-7-16)14(18)21-13(22)10-8-19-15(23)20-9-10/h2-5,8-9H,1,6-7H2,(H2,18,21,22)(H,19,20,23)/p+1. The van der Waals surface area contributed by atoms with Crippen LogP contribution < -0.4 is 5.69 Å². The molecule has 0 saturated heterocycles. The van der Waals surface area contributed by atoms with Crippen molar-refractivity contribution in [3.63, 3.8) is 0 Å². The van der Waals surface area contributed by atoms with Crippen molar-refractivity contribution in [2.75, 3.05) is 0 Å². The first-order valence-electron chi connectivity index (χ1n) is 7.22. The van der Waals surface area contributed by atoms with Crippen molar-refractivity contribution in [1.29, 1.82) is 5.41 Å². The lowest BCUT2D eigenvalue weighted by Crippen LogP contribution is -2.41. The van der Waals surface area contributed by atoms with E-state index in [1.54, 1.807) is 0 Å². The van der Waals surface area contributed by atoms with Gasteiger partial charge in [-0.25, -0.2) is 9.78 Å². The third-order valence-electron chi connectivity index (χ3n) is 4.23. The van der Waals surface area contributed by atoms with Crippen molar-refractivity contribution in [1.82, 2.24) is 9.97 Å². The molecule has 4 N–H and O–H groups in total. The number of H-pyrrole nitrogens is 1. The lowest BCUT2D eigenvalue weighted by molar-refractivity contribution is 0.336. The van der Waals surface area contributed by atoms with Gasteiger partial charge in [0.1, 0.15) is 11.4 Å². The molecule has 0 unspecified atom stereocenters. The Morgan fingerprint density at radius 2 is 2.04 bits per heavy atom. The number of rotatable bonds is 3. The van der Waals surface area contributed by atoms with E-state index in [0.29, 0.717) is 5.56 Å². The predicted octanol–water partition coefficient (Wildman–Crippen LogP) is 2.10. The Kier molecular flexibility index (Phi) is 4.12. The van der Waals surface area contributed by atoms with Gasteiger partial charge in [-0.15, -0.1) is 4.99 Å². The highest BCUT2D eigenvalue weighted by Crippen LogP contribution is 2.45. The van der Waals surface area contributed by atoms with Crippen LogP contribution in [0, 0.1) is 5.41 Å². The Morgan fingerprint density at radius 1 is 1.35 bits per heavy atom. The molecule has 0 amide bonds. The fourth-order valence-corrected chi connectivity index (χ4v) is 2.98. The summed E-state index contributed by atoms with van der Waals surface area (Å²) >= 11 is 3.42. The fourth-order valence-electron chi connectivity index (χ4n) is 2.72. The first kappa shape index (κ1) is 15.6. The highest BCUT2D eigenvalue weighted by Gasteiger charge is 2.43. The van der Waals surface area contributed by atoms with E-state index in [0.717, 1.165) is 29.3 Å². The van der Waals surface area contributed by atoms with Crippen molar-refractivity contribution in [3.8, 4) is 0 Å². The number of halogens is 1. The van der Waals surface area contributed by atoms with Gasteiger partial charge in [-0.1, -0.05) is 34.5 Å². The van der Waals surface area contributed by atoms with Crippen molar-refractivity contribution < 1.29 is 5.11 Å². The SMILES string of the molecule is N=C(N=C([OH2+])c1cnc(=O)[nH]c1)C1(c2ccc(Br)cc2)CCC1. The second-order valence-electron chi connectivity index (χ2n) is 5.56. The Bertz CT molecular complexity index is 802. The summed E-state index contributed by atoms with van der Waals surface area (Å²) < 4.78 is 0.992. The molecule has 23 heavy (non-hydrogen) atoms. The van der Waals surface area contributed by atoms with Crippen LogP contribution in [0.3, 0.4) is 0 Å². The highest BCUT2D eigenvalue weighted by molar-refractivity contribution is 9.10. The van der Waals surface area contributed by atoms with Gasteiger partial charge in [0.15, 0.2) is 0 Å². The van der Waals surface area contributed by atoms with Crippen LogP contribution >= 0.6 is 15.9 Å². The number of aromatic nitrogens is 2. The number of hydrogen-bond acceptors (Lipinski definition) is 3. The maximum atomic E-state index is 11.0. The molecular weight excluding hydrogens is 360 g/mol. The lowest BCUT2D eigenvalue weighted by Gasteiger charge is -2.40. The zero-order chi connectivity index (χ0) is 16.4. The molecule has 0 spiro atoms. The summed E-state index contributed by atoms with van der Waals surface area (Å²) in [6.45, 7) is 0. The largest absolute Gasteiger partial charge is 0.578 e. The van der Waals surface area contributed by atoms with Crippen LogP contribution in [0.25, 0.3) is 0 Å². The number of nitrogens with one attached hydrogen (secondary N) is 2. The summed E-state index contributed by atoms with van der Waals surface area (Å²) in [6.07, 6.45) is 5.44. The van der Waals surface area contributed by atoms with E-state index >= 15 is 0 Å². The van der Waals surface area contributed by atoms with Crippen LogP contribution in [0.15, 0.2) is 50.9 Å². The number of aliphatic imine (C=N–C) groups is 1. The summed E-state index contributed by atoms with van der Waals surface area (Å²) in [5.41, 5.74) is 0.553. The van der Waals surface area contributed by atoms with Crippen LogP contribution in [0.1, 0.15) is 30.4 Å². The van der Waals surface area contributed by atoms with E-state index in [4.69, 9.17) is 10.5 Å². The number of benzene rings is 1. The molecule has 0 atom stereocenters. The van der Waals surface area contributed by atoms with Gasteiger partial charge < -0.3 is 10.1 Å². The zero-order valence-electron chi connectivity index (χ0n) is 12.3. The molecule has 118 valence electrons. The molecule has 1 fully saturated rings. The van der Waals surface area contributed by atoms with Crippen molar-refractivity contribution in [3.05, 3.63) is 62.7 Å². The molecule has 1 saturated carbocycles. The van der Waals surface area contributed by atoms with E-state index < -0.39 is 11.1 Å². The molecule has 0 bridgehead atoms. The molecule has 0 aliphatic heterocycles. The maximum Gasteiger partial charge on any atom is 0.369 e. The van der Waals surface area contributed by atoms with Crippen molar-refractivity contribution in [2.45, 2.75) is 24.7 Å². The average Bonchev–Trinajstić information content (AvgIpc) is 2.48. The van der Waals surface area contributed by atoms with E-state index in [-0.39, 0.29) is 11.7 Å². The molecule has 1 aromatic carbocycles. The third kappa shape index (κ3) is 2.96. The molecule has 1 aliphatic rings. The first-order valence-corrected chi connectivity index (χ1v) is 8.01. The van der Waals surface area contributed by atoms with E-state index in [1.165, 1.54) is 12.4 Å². The van der Waals surface area contributed by atoms with Gasteiger partial charge in [0.2, 0.25) is 0 Å². The topological polar surface area (TPSA) is 105 Å². The number of aromatic amines is 1. The minimum Gasteiger partial charge on any atom is -0.578 e. The third-order valence-corrected chi connectivity index (χ3v) is 4.75. The first-order chi connectivity index (χ1) is 11.0. The Morgan fingerprint density at radius 3 is 2.57 bits per heavy atom.